The summed E-state index contributed by atoms with van der Waals surface area (Å²) in [6, 6.07) is 4.13. The minimum atomic E-state index is 0.436. The van der Waals surface area contributed by atoms with Crippen LogP contribution in [0.3, 0.4) is 0 Å². The molecule has 0 saturated heterocycles. The molecule has 23 heavy (non-hydrogen) atoms. The van der Waals surface area contributed by atoms with Gasteiger partial charge in [0.15, 0.2) is 16.6 Å². The first kappa shape index (κ1) is 17.7. The van der Waals surface area contributed by atoms with Crippen molar-refractivity contribution in [2.24, 2.45) is 5.92 Å². The maximum Gasteiger partial charge on any atom is 0.203 e. The van der Waals surface area contributed by atoms with E-state index < -0.39 is 0 Å². The zero-order chi connectivity index (χ0) is 16.8. The largest absolute Gasteiger partial charge is 0.493 e. The number of ether oxygens (including phenoxy) is 3. The average molecular weight is 338 g/mol. The highest BCUT2D eigenvalue weighted by Crippen LogP contribution is 2.39. The number of hydrogen-bond donors (Lipinski definition) is 2. The topological polar surface area (TPSA) is 51.8 Å². The molecular weight excluding hydrogens is 312 g/mol. The molecule has 0 aliphatic heterocycles. The normalized spacial score (nSPS) is 20.5. The van der Waals surface area contributed by atoms with E-state index in [2.05, 4.69) is 17.6 Å². The summed E-state index contributed by atoms with van der Waals surface area (Å²) in [5.41, 5.74) is 0.806. The van der Waals surface area contributed by atoms with Crippen LogP contribution in [-0.2, 0) is 0 Å². The molecule has 1 fully saturated rings. The number of benzene rings is 1. The lowest BCUT2D eigenvalue weighted by Gasteiger charge is -2.30. The van der Waals surface area contributed by atoms with Gasteiger partial charge in [-0.2, -0.15) is 0 Å². The van der Waals surface area contributed by atoms with Gasteiger partial charge in [-0.3, -0.25) is 0 Å². The lowest BCUT2D eigenvalue weighted by atomic mass is 9.86. The third kappa shape index (κ3) is 4.41. The predicted octanol–water partition coefficient (Wildman–Crippen LogP) is 3.58. The summed E-state index contributed by atoms with van der Waals surface area (Å²) < 4.78 is 16.0. The molecule has 1 aliphatic rings. The standard InChI is InChI=1S/C17H26N2O3S/c1-11-7-5-6-8-13(11)19-17(23)18-12-9-14(20-2)16(22-4)15(10-12)21-3/h9-11,13H,5-8H2,1-4H3,(H2,18,19,23)/t11-,13+/m0/s1. The van der Waals surface area contributed by atoms with Crippen LogP contribution in [0.25, 0.3) is 0 Å². The predicted molar refractivity (Wildman–Crippen MR) is 96.9 cm³/mol. The summed E-state index contributed by atoms with van der Waals surface area (Å²) >= 11 is 5.45. The fourth-order valence-electron chi connectivity index (χ4n) is 3.02. The Morgan fingerprint density at radius 2 is 1.65 bits per heavy atom. The molecule has 1 aliphatic carbocycles. The number of nitrogens with one attached hydrogen (secondary N) is 2. The Morgan fingerprint density at radius 3 is 2.17 bits per heavy atom. The summed E-state index contributed by atoms with van der Waals surface area (Å²) in [7, 11) is 4.78. The molecule has 2 rings (SSSR count). The summed E-state index contributed by atoms with van der Waals surface area (Å²) in [6.07, 6.45) is 4.99. The van der Waals surface area contributed by atoms with Crippen molar-refractivity contribution in [2.75, 3.05) is 26.6 Å². The van der Waals surface area contributed by atoms with Gasteiger partial charge in [0.1, 0.15) is 0 Å². The molecule has 0 aromatic heterocycles. The molecule has 0 bridgehead atoms. The van der Waals surface area contributed by atoms with Crippen molar-refractivity contribution in [2.45, 2.75) is 38.6 Å². The molecule has 5 nitrogen and oxygen atoms in total. The number of anilines is 1. The third-order valence-corrected chi connectivity index (χ3v) is 4.57. The SMILES string of the molecule is COc1cc(NC(=S)N[C@@H]2CCCC[C@@H]2C)cc(OC)c1OC. The van der Waals surface area contributed by atoms with Gasteiger partial charge in [-0.05, 0) is 31.0 Å². The van der Waals surface area contributed by atoms with Gasteiger partial charge in [-0.15, -0.1) is 0 Å². The summed E-state index contributed by atoms with van der Waals surface area (Å²) in [6.45, 7) is 2.28. The zero-order valence-corrected chi connectivity index (χ0v) is 15.1. The average Bonchev–Trinajstić information content (AvgIpc) is 2.55. The van der Waals surface area contributed by atoms with E-state index in [1.807, 2.05) is 12.1 Å². The first-order valence-electron chi connectivity index (χ1n) is 7.96. The molecule has 0 radical (unpaired) electrons. The Morgan fingerprint density at radius 1 is 1.04 bits per heavy atom. The zero-order valence-electron chi connectivity index (χ0n) is 14.3. The fraction of sp³-hybridized carbons (Fsp3) is 0.588. The van der Waals surface area contributed by atoms with E-state index in [1.54, 1.807) is 21.3 Å². The van der Waals surface area contributed by atoms with E-state index in [0.717, 1.165) is 12.1 Å². The van der Waals surface area contributed by atoms with Crippen molar-refractivity contribution in [3.05, 3.63) is 12.1 Å². The van der Waals surface area contributed by atoms with Crippen LogP contribution in [0, 0.1) is 5.92 Å². The van der Waals surface area contributed by atoms with Crippen LogP contribution in [0.2, 0.25) is 0 Å². The number of thiocarbonyl (C=S) groups is 1. The molecular formula is C17H26N2O3S. The van der Waals surface area contributed by atoms with Gasteiger partial charge in [-0.25, -0.2) is 0 Å². The van der Waals surface area contributed by atoms with Crippen LogP contribution in [0.1, 0.15) is 32.6 Å². The van der Waals surface area contributed by atoms with Crippen molar-refractivity contribution in [3.8, 4) is 17.2 Å². The Kier molecular flexibility index (Phi) is 6.33. The van der Waals surface area contributed by atoms with E-state index >= 15 is 0 Å². The minimum Gasteiger partial charge on any atom is -0.493 e. The van der Waals surface area contributed by atoms with Gasteiger partial charge in [0.25, 0.3) is 0 Å². The van der Waals surface area contributed by atoms with Gasteiger partial charge in [-0.1, -0.05) is 19.8 Å². The number of rotatable bonds is 5. The molecule has 128 valence electrons. The molecule has 1 aromatic rings. The van der Waals surface area contributed by atoms with Crippen LogP contribution < -0.4 is 24.8 Å². The first-order chi connectivity index (χ1) is 11.1. The van der Waals surface area contributed by atoms with Gasteiger partial charge in [0.05, 0.1) is 21.3 Å². The van der Waals surface area contributed by atoms with E-state index in [9.17, 15) is 0 Å². The molecule has 0 heterocycles. The van der Waals surface area contributed by atoms with Crippen LogP contribution in [0.15, 0.2) is 12.1 Å². The highest BCUT2D eigenvalue weighted by molar-refractivity contribution is 7.80. The quantitative estimate of drug-likeness (QED) is 0.801. The Labute approximate surface area is 143 Å². The Balaban J connectivity index is 2.08. The van der Waals surface area contributed by atoms with E-state index in [0.29, 0.717) is 34.3 Å². The molecule has 0 spiro atoms. The lowest BCUT2D eigenvalue weighted by molar-refractivity contribution is 0.309. The first-order valence-corrected chi connectivity index (χ1v) is 8.37. The van der Waals surface area contributed by atoms with E-state index in [1.165, 1.54) is 19.3 Å². The second-order valence-corrected chi connectivity index (χ2v) is 6.29. The molecule has 1 aromatic carbocycles. The maximum absolute atomic E-state index is 5.45. The highest BCUT2D eigenvalue weighted by atomic mass is 32.1. The number of hydrogen-bond acceptors (Lipinski definition) is 4. The van der Waals surface area contributed by atoms with E-state index in [-0.39, 0.29) is 0 Å². The highest BCUT2D eigenvalue weighted by Gasteiger charge is 2.22. The van der Waals surface area contributed by atoms with Gasteiger partial charge in [0.2, 0.25) is 5.75 Å². The minimum absolute atomic E-state index is 0.436. The second-order valence-electron chi connectivity index (χ2n) is 5.88. The van der Waals surface area contributed by atoms with Crippen molar-refractivity contribution in [1.29, 1.82) is 0 Å². The number of methoxy groups -OCH3 is 3. The van der Waals surface area contributed by atoms with Crippen LogP contribution in [-0.4, -0.2) is 32.5 Å². The molecule has 2 atom stereocenters. The molecule has 2 N–H and O–H groups in total. The van der Waals surface area contributed by atoms with Gasteiger partial charge in [0, 0.05) is 23.9 Å². The molecule has 6 heteroatoms. The van der Waals surface area contributed by atoms with E-state index in [4.69, 9.17) is 26.4 Å². The van der Waals surface area contributed by atoms with Crippen molar-refractivity contribution < 1.29 is 14.2 Å². The lowest BCUT2D eigenvalue weighted by Crippen LogP contribution is -2.43. The van der Waals surface area contributed by atoms with Crippen LogP contribution in [0.4, 0.5) is 5.69 Å². The summed E-state index contributed by atoms with van der Waals surface area (Å²) in [5, 5.41) is 7.27. The molecule has 0 amide bonds. The smallest absolute Gasteiger partial charge is 0.203 e. The van der Waals surface area contributed by atoms with Crippen molar-refractivity contribution in [3.63, 3.8) is 0 Å². The monoisotopic (exact) mass is 338 g/mol. The summed E-state index contributed by atoms with van der Waals surface area (Å²) in [5.74, 6) is 2.41. The molecule has 0 unspecified atom stereocenters. The van der Waals surface area contributed by atoms with Gasteiger partial charge >= 0.3 is 0 Å². The van der Waals surface area contributed by atoms with Crippen molar-refractivity contribution >= 4 is 23.0 Å². The molecule has 1 saturated carbocycles. The second kappa shape index (κ2) is 8.24. The van der Waals surface area contributed by atoms with Crippen LogP contribution >= 0.6 is 12.2 Å². The Bertz CT molecular complexity index is 526. The van der Waals surface area contributed by atoms with Crippen molar-refractivity contribution in [1.82, 2.24) is 5.32 Å². The third-order valence-electron chi connectivity index (χ3n) is 4.35. The van der Waals surface area contributed by atoms with Crippen LogP contribution in [0.5, 0.6) is 17.2 Å². The van der Waals surface area contributed by atoms with Gasteiger partial charge < -0.3 is 24.8 Å². The Hall–Kier alpha value is -1.69. The summed E-state index contributed by atoms with van der Waals surface area (Å²) in [4.78, 5) is 0. The maximum atomic E-state index is 5.45. The fourth-order valence-corrected chi connectivity index (χ4v) is 3.29.